The first-order valence-corrected chi connectivity index (χ1v) is 11.8. The van der Waals surface area contributed by atoms with Gasteiger partial charge in [0.2, 0.25) is 0 Å². The van der Waals surface area contributed by atoms with Crippen molar-refractivity contribution in [2.45, 2.75) is 0 Å². The molecular formula is C16H8O8Sn. The van der Waals surface area contributed by atoms with E-state index in [0.717, 1.165) is 0 Å². The summed E-state index contributed by atoms with van der Waals surface area (Å²) in [5.74, 6) is -3.63. The maximum absolute atomic E-state index is 12.3. The summed E-state index contributed by atoms with van der Waals surface area (Å²) in [5.41, 5.74) is 0.214. The Morgan fingerprint density at radius 3 is 1.08 bits per heavy atom. The number of rotatable bonds is 0. The Kier molecular flexibility index (Phi) is 3.49. The predicted octanol–water partition coefficient (Wildman–Crippen LogP) is 1.48. The Morgan fingerprint density at radius 1 is 0.520 bits per heavy atom. The Morgan fingerprint density at radius 2 is 0.800 bits per heavy atom. The molecule has 0 atom stereocenters. The van der Waals surface area contributed by atoms with Crippen molar-refractivity contribution in [3.8, 4) is 0 Å². The summed E-state index contributed by atoms with van der Waals surface area (Å²) in [6, 6.07) is 11.2. The molecule has 4 bridgehead atoms. The van der Waals surface area contributed by atoms with Gasteiger partial charge in [-0.1, -0.05) is 0 Å². The Hall–Kier alpha value is -2.88. The Labute approximate surface area is 146 Å². The fraction of sp³-hybridized carbons (Fsp3) is 0. The molecule has 2 aromatic carbocycles. The van der Waals surface area contributed by atoms with Crippen LogP contribution in [0.25, 0.3) is 0 Å². The molecule has 0 saturated heterocycles. The van der Waals surface area contributed by atoms with Crippen molar-refractivity contribution in [1.29, 1.82) is 0 Å². The molecule has 0 radical (unpaired) electrons. The second-order valence-electron chi connectivity index (χ2n) is 5.22. The molecule has 0 saturated carbocycles. The first-order valence-electron chi connectivity index (χ1n) is 7.09. The Bertz CT molecular complexity index is 803. The zero-order valence-corrected chi connectivity index (χ0v) is 15.2. The Balaban J connectivity index is 1.80. The molecular weight excluding hydrogens is 439 g/mol. The van der Waals surface area contributed by atoms with Crippen molar-refractivity contribution in [3.63, 3.8) is 0 Å². The third kappa shape index (κ3) is 2.74. The van der Waals surface area contributed by atoms with Crippen molar-refractivity contribution in [2.75, 3.05) is 0 Å². The summed E-state index contributed by atoms with van der Waals surface area (Å²) in [4.78, 5) is 49.1. The van der Waals surface area contributed by atoms with E-state index in [2.05, 4.69) is 0 Å². The van der Waals surface area contributed by atoms with Crippen LogP contribution in [0.2, 0.25) is 0 Å². The molecule has 0 unspecified atom stereocenters. The molecule has 0 fully saturated rings. The van der Waals surface area contributed by atoms with E-state index in [9.17, 15) is 19.2 Å². The van der Waals surface area contributed by atoms with E-state index in [4.69, 9.17) is 12.3 Å². The molecule has 0 N–H and O–H groups in total. The normalized spacial score (nSPS) is 17.9. The second kappa shape index (κ2) is 5.59. The van der Waals surface area contributed by atoms with Crippen LogP contribution in [0.1, 0.15) is 41.4 Å². The van der Waals surface area contributed by atoms with Crippen molar-refractivity contribution in [1.82, 2.24) is 0 Å². The fourth-order valence-electron chi connectivity index (χ4n) is 2.36. The van der Waals surface area contributed by atoms with Gasteiger partial charge in [0.1, 0.15) is 0 Å². The van der Waals surface area contributed by atoms with E-state index in [-0.39, 0.29) is 22.3 Å². The molecule has 9 heteroatoms. The quantitative estimate of drug-likeness (QED) is 0.560. The van der Waals surface area contributed by atoms with Crippen LogP contribution in [-0.2, 0) is 12.3 Å². The molecule has 2 aliphatic heterocycles. The van der Waals surface area contributed by atoms with Crippen LogP contribution in [0.3, 0.4) is 0 Å². The molecule has 2 aliphatic rings. The standard InChI is InChI=1S/2C8H6O4.Sn/c2*9-7(10)5-2-1-3-6(4-5)8(11)12;/h2*1-4H,(H,9,10)(H,11,12);/q;;+4/p-4. The minimum absolute atomic E-state index is 0.0536. The maximum atomic E-state index is 12.3. The number of fused-ring (bicyclic) bond motifs is 4. The van der Waals surface area contributed by atoms with Gasteiger partial charge < -0.3 is 0 Å². The minimum atomic E-state index is -5.67. The average molecular weight is 447 g/mol. The monoisotopic (exact) mass is 448 g/mol. The molecule has 0 amide bonds. The molecule has 2 aromatic rings. The molecule has 25 heavy (non-hydrogen) atoms. The van der Waals surface area contributed by atoms with Crippen LogP contribution in [0.4, 0.5) is 0 Å². The number of hydrogen-bond donors (Lipinski definition) is 0. The van der Waals surface area contributed by atoms with Crippen LogP contribution >= 0.6 is 0 Å². The van der Waals surface area contributed by atoms with Crippen molar-refractivity contribution in [3.05, 3.63) is 70.8 Å². The first-order chi connectivity index (χ1) is 12.0. The van der Waals surface area contributed by atoms with E-state index < -0.39 is 43.9 Å². The van der Waals surface area contributed by atoms with Gasteiger partial charge >= 0.3 is 146 Å². The molecule has 1 spiro atoms. The summed E-state index contributed by atoms with van der Waals surface area (Å²) in [7, 11) is 0. The average Bonchev–Trinajstić information content (AvgIpc) is 2.60. The summed E-state index contributed by atoms with van der Waals surface area (Å²) in [6.45, 7) is 0. The second-order valence-corrected chi connectivity index (χ2v) is 10.4. The van der Waals surface area contributed by atoms with Crippen molar-refractivity contribution >= 4 is 43.9 Å². The van der Waals surface area contributed by atoms with Gasteiger partial charge in [-0.25, -0.2) is 0 Å². The van der Waals surface area contributed by atoms with Gasteiger partial charge in [0, 0.05) is 0 Å². The molecule has 0 aromatic heterocycles. The number of hydrogen-bond acceptors (Lipinski definition) is 8. The molecule has 2 heterocycles. The zero-order chi connectivity index (χ0) is 17.6. The van der Waals surface area contributed by atoms with Crippen LogP contribution < -0.4 is 0 Å². The van der Waals surface area contributed by atoms with Crippen molar-refractivity contribution in [2.24, 2.45) is 0 Å². The third-order valence-corrected chi connectivity index (χ3v) is 8.51. The van der Waals surface area contributed by atoms with Crippen LogP contribution in [-0.4, -0.2) is 43.9 Å². The summed E-state index contributed by atoms with van der Waals surface area (Å²) in [6.07, 6.45) is 0. The zero-order valence-electron chi connectivity index (χ0n) is 12.4. The summed E-state index contributed by atoms with van der Waals surface area (Å²) in [5, 5.41) is 0. The SMILES string of the molecule is O=C1[O][Sn]2([O]C(=O)c3cccc1c3)[O]C(=O)c1cccc(c1)C(=O)[O]2. The number of carbonyl (C=O) groups excluding carboxylic acids is 4. The molecule has 4 rings (SSSR count). The molecule has 0 aliphatic carbocycles. The van der Waals surface area contributed by atoms with E-state index in [0.29, 0.717) is 0 Å². The van der Waals surface area contributed by atoms with Crippen LogP contribution in [0, 0.1) is 0 Å². The van der Waals surface area contributed by atoms with E-state index >= 15 is 0 Å². The van der Waals surface area contributed by atoms with E-state index in [1.54, 1.807) is 0 Å². The summed E-state index contributed by atoms with van der Waals surface area (Å²) >= 11 is -5.67. The summed E-state index contributed by atoms with van der Waals surface area (Å²) < 4.78 is 20.5. The van der Waals surface area contributed by atoms with Gasteiger partial charge in [0.15, 0.2) is 0 Å². The fourth-order valence-corrected chi connectivity index (χ4v) is 7.01. The topological polar surface area (TPSA) is 105 Å². The van der Waals surface area contributed by atoms with E-state index in [1.807, 2.05) is 0 Å². The number of benzene rings is 2. The number of carbonyl (C=O) groups is 4. The first kappa shape index (κ1) is 15.6. The van der Waals surface area contributed by atoms with Crippen molar-refractivity contribution < 1.29 is 31.5 Å². The van der Waals surface area contributed by atoms with Crippen LogP contribution in [0.5, 0.6) is 0 Å². The van der Waals surface area contributed by atoms with Gasteiger partial charge in [-0.3, -0.25) is 0 Å². The van der Waals surface area contributed by atoms with Crippen LogP contribution in [0.15, 0.2) is 48.5 Å². The van der Waals surface area contributed by atoms with Gasteiger partial charge in [0.05, 0.1) is 0 Å². The van der Waals surface area contributed by atoms with Gasteiger partial charge in [-0.2, -0.15) is 0 Å². The van der Waals surface area contributed by atoms with Gasteiger partial charge in [0.25, 0.3) is 0 Å². The molecule has 8 nitrogen and oxygen atoms in total. The van der Waals surface area contributed by atoms with E-state index in [1.165, 1.54) is 48.5 Å². The third-order valence-electron chi connectivity index (χ3n) is 3.54. The predicted molar refractivity (Wildman–Crippen MR) is 80.3 cm³/mol. The van der Waals surface area contributed by atoms with Gasteiger partial charge in [-0.05, 0) is 0 Å². The van der Waals surface area contributed by atoms with Gasteiger partial charge in [-0.15, -0.1) is 0 Å². The molecule has 124 valence electrons.